The van der Waals surface area contributed by atoms with Gasteiger partial charge in [0.1, 0.15) is 0 Å². The molecule has 1 heterocycles. The smallest absolute Gasteiger partial charge is 0.229 e. The highest BCUT2D eigenvalue weighted by atomic mass is 32.1. The number of hydrogen-bond donors (Lipinski definition) is 2. The Morgan fingerprint density at radius 1 is 1.50 bits per heavy atom. The lowest BCUT2D eigenvalue weighted by Crippen LogP contribution is -2.44. The molecule has 1 atom stereocenters. The summed E-state index contributed by atoms with van der Waals surface area (Å²) in [6, 6.07) is 0. The van der Waals surface area contributed by atoms with Crippen LogP contribution in [0.3, 0.4) is 0 Å². The summed E-state index contributed by atoms with van der Waals surface area (Å²) >= 11 is 4.92. The zero-order valence-corrected chi connectivity index (χ0v) is 11.8. The number of carbonyl (C=O) groups is 1. The molecule has 0 spiro atoms. The van der Waals surface area contributed by atoms with Gasteiger partial charge in [-0.05, 0) is 6.42 Å². The minimum atomic E-state index is -0.324. The van der Waals surface area contributed by atoms with E-state index in [4.69, 9.17) is 22.7 Å². The second-order valence-corrected chi connectivity index (χ2v) is 4.96. The third-order valence-corrected chi connectivity index (χ3v) is 3.35. The molecule has 0 radical (unpaired) electrons. The molecule has 1 aliphatic rings. The molecule has 1 aliphatic heterocycles. The highest BCUT2D eigenvalue weighted by molar-refractivity contribution is 7.80. The summed E-state index contributed by atoms with van der Waals surface area (Å²) in [7, 11) is 0. The quantitative estimate of drug-likeness (QED) is 0.646. The van der Waals surface area contributed by atoms with E-state index in [0.29, 0.717) is 11.5 Å². The summed E-state index contributed by atoms with van der Waals surface area (Å²) in [5.74, 6) is -0.368. The Balaban J connectivity index is 2.23. The van der Waals surface area contributed by atoms with E-state index in [1.54, 1.807) is 0 Å². The summed E-state index contributed by atoms with van der Waals surface area (Å²) in [6.07, 6.45) is 1.62. The average molecular weight is 273 g/mol. The van der Waals surface area contributed by atoms with Crippen LogP contribution < -0.4 is 11.1 Å². The van der Waals surface area contributed by atoms with E-state index >= 15 is 0 Å². The van der Waals surface area contributed by atoms with Gasteiger partial charge in [0.2, 0.25) is 5.91 Å². The Labute approximate surface area is 114 Å². The van der Waals surface area contributed by atoms with Crippen LogP contribution in [0.2, 0.25) is 0 Å². The second kappa shape index (κ2) is 8.39. The largest absolute Gasteiger partial charge is 0.393 e. The van der Waals surface area contributed by atoms with E-state index in [1.165, 1.54) is 0 Å². The lowest BCUT2D eigenvalue weighted by atomic mass is 10.0. The molecular weight excluding hydrogens is 250 g/mol. The summed E-state index contributed by atoms with van der Waals surface area (Å²) in [6.45, 7) is 6.94. The minimum Gasteiger partial charge on any atom is -0.393 e. The van der Waals surface area contributed by atoms with E-state index in [-0.39, 0.29) is 11.8 Å². The number of ether oxygens (including phenoxy) is 1. The maximum Gasteiger partial charge on any atom is 0.229 e. The monoisotopic (exact) mass is 273 g/mol. The zero-order valence-electron chi connectivity index (χ0n) is 11.0. The number of nitrogens with two attached hydrogens (primary N) is 1. The SMILES string of the molecule is CCCC(C(=O)NCCN1CCOCC1)C(N)=S. The Morgan fingerprint density at radius 3 is 2.72 bits per heavy atom. The second-order valence-electron chi connectivity index (χ2n) is 4.49. The molecule has 1 rings (SSSR count). The lowest BCUT2D eigenvalue weighted by molar-refractivity contribution is -0.123. The first-order valence-electron chi connectivity index (χ1n) is 6.52. The van der Waals surface area contributed by atoms with Gasteiger partial charge in [-0.15, -0.1) is 0 Å². The molecule has 104 valence electrons. The Morgan fingerprint density at radius 2 is 2.17 bits per heavy atom. The van der Waals surface area contributed by atoms with Crippen LogP contribution in [0.25, 0.3) is 0 Å². The van der Waals surface area contributed by atoms with Crippen LogP contribution in [0, 0.1) is 5.92 Å². The molecule has 0 aliphatic carbocycles. The molecule has 3 N–H and O–H groups in total. The lowest BCUT2D eigenvalue weighted by Gasteiger charge is -2.26. The highest BCUT2D eigenvalue weighted by Crippen LogP contribution is 2.06. The maximum atomic E-state index is 11.9. The molecule has 0 aromatic heterocycles. The fraction of sp³-hybridized carbons (Fsp3) is 0.833. The Hall–Kier alpha value is -0.720. The van der Waals surface area contributed by atoms with Crippen LogP contribution in [0.15, 0.2) is 0 Å². The number of morpholine rings is 1. The van der Waals surface area contributed by atoms with Crippen LogP contribution >= 0.6 is 12.2 Å². The zero-order chi connectivity index (χ0) is 13.4. The summed E-state index contributed by atoms with van der Waals surface area (Å²) < 4.78 is 5.27. The van der Waals surface area contributed by atoms with Crippen LogP contribution in [-0.2, 0) is 9.53 Å². The van der Waals surface area contributed by atoms with Crippen molar-refractivity contribution in [3.05, 3.63) is 0 Å². The van der Waals surface area contributed by atoms with Gasteiger partial charge >= 0.3 is 0 Å². The number of nitrogens with zero attached hydrogens (tertiary/aromatic N) is 1. The molecule has 18 heavy (non-hydrogen) atoms. The molecule has 0 saturated carbocycles. The average Bonchev–Trinajstić information content (AvgIpc) is 2.36. The highest BCUT2D eigenvalue weighted by Gasteiger charge is 2.20. The Kier molecular flexibility index (Phi) is 7.15. The molecule has 6 heteroatoms. The molecule has 0 aromatic carbocycles. The van der Waals surface area contributed by atoms with Crippen molar-refractivity contribution in [1.82, 2.24) is 10.2 Å². The van der Waals surface area contributed by atoms with Gasteiger partial charge in [-0.1, -0.05) is 25.6 Å². The van der Waals surface area contributed by atoms with Crippen LogP contribution in [0.4, 0.5) is 0 Å². The van der Waals surface area contributed by atoms with Gasteiger partial charge in [0.15, 0.2) is 0 Å². The van der Waals surface area contributed by atoms with Crippen molar-refractivity contribution in [1.29, 1.82) is 0 Å². The predicted molar refractivity (Wildman–Crippen MR) is 75.5 cm³/mol. The standard InChI is InChI=1S/C12H23N3O2S/c1-2-3-10(11(13)18)12(16)14-4-5-15-6-8-17-9-7-15/h10H,2-9H2,1H3,(H2,13,18)(H,14,16). The van der Waals surface area contributed by atoms with E-state index in [2.05, 4.69) is 10.2 Å². The fourth-order valence-corrected chi connectivity index (χ4v) is 2.20. The fourth-order valence-electron chi connectivity index (χ4n) is 1.98. The van der Waals surface area contributed by atoms with Crippen molar-refractivity contribution in [3.8, 4) is 0 Å². The molecule has 1 unspecified atom stereocenters. The number of amides is 1. The van der Waals surface area contributed by atoms with Crippen LogP contribution in [-0.4, -0.2) is 55.2 Å². The van der Waals surface area contributed by atoms with E-state index in [9.17, 15) is 4.79 Å². The van der Waals surface area contributed by atoms with Gasteiger partial charge in [-0.2, -0.15) is 0 Å². The number of hydrogen-bond acceptors (Lipinski definition) is 4. The van der Waals surface area contributed by atoms with Crippen molar-refractivity contribution in [2.45, 2.75) is 19.8 Å². The van der Waals surface area contributed by atoms with Crippen molar-refractivity contribution in [2.24, 2.45) is 11.7 Å². The van der Waals surface area contributed by atoms with Gasteiger partial charge in [-0.3, -0.25) is 9.69 Å². The third kappa shape index (κ3) is 5.29. The molecule has 1 amide bonds. The van der Waals surface area contributed by atoms with Crippen molar-refractivity contribution in [2.75, 3.05) is 39.4 Å². The van der Waals surface area contributed by atoms with Crippen molar-refractivity contribution in [3.63, 3.8) is 0 Å². The molecule has 5 nitrogen and oxygen atoms in total. The molecule has 0 bridgehead atoms. The third-order valence-electron chi connectivity index (χ3n) is 3.07. The normalized spacial score (nSPS) is 18.3. The van der Waals surface area contributed by atoms with Crippen LogP contribution in [0.5, 0.6) is 0 Å². The van der Waals surface area contributed by atoms with E-state index in [0.717, 1.165) is 45.7 Å². The van der Waals surface area contributed by atoms with Gasteiger partial charge in [0.05, 0.1) is 24.1 Å². The van der Waals surface area contributed by atoms with Crippen molar-refractivity contribution < 1.29 is 9.53 Å². The maximum absolute atomic E-state index is 11.9. The molecule has 1 saturated heterocycles. The predicted octanol–water partition coefficient (Wildman–Crippen LogP) is 0.137. The number of carbonyl (C=O) groups excluding carboxylic acids is 1. The summed E-state index contributed by atoms with van der Waals surface area (Å²) in [5.41, 5.74) is 5.58. The van der Waals surface area contributed by atoms with Crippen LogP contribution in [0.1, 0.15) is 19.8 Å². The van der Waals surface area contributed by atoms with E-state index in [1.807, 2.05) is 6.92 Å². The first-order chi connectivity index (χ1) is 8.65. The number of rotatable bonds is 7. The molecule has 1 fully saturated rings. The molecule has 0 aromatic rings. The van der Waals surface area contributed by atoms with Gasteiger partial charge in [0.25, 0.3) is 0 Å². The van der Waals surface area contributed by atoms with Gasteiger partial charge in [-0.25, -0.2) is 0 Å². The number of thiocarbonyl (C=S) groups is 1. The minimum absolute atomic E-state index is 0.0439. The topological polar surface area (TPSA) is 67.6 Å². The van der Waals surface area contributed by atoms with E-state index < -0.39 is 0 Å². The number of nitrogens with one attached hydrogen (secondary N) is 1. The van der Waals surface area contributed by atoms with Gasteiger partial charge in [0, 0.05) is 26.2 Å². The van der Waals surface area contributed by atoms with Crippen molar-refractivity contribution >= 4 is 23.1 Å². The first-order valence-corrected chi connectivity index (χ1v) is 6.93. The first kappa shape index (κ1) is 15.3. The van der Waals surface area contributed by atoms with Gasteiger partial charge < -0.3 is 15.8 Å². The summed E-state index contributed by atoms with van der Waals surface area (Å²) in [4.78, 5) is 14.5. The summed E-state index contributed by atoms with van der Waals surface area (Å²) in [5, 5.41) is 2.91. The molecular formula is C12H23N3O2S. The Bertz CT molecular complexity index is 280.